The molecule has 0 atom stereocenters. The van der Waals surface area contributed by atoms with Gasteiger partial charge in [0.25, 0.3) is 5.54 Å². The Balaban J connectivity index is 2.00. The van der Waals surface area contributed by atoms with E-state index in [1.54, 1.807) is 4.67 Å². The van der Waals surface area contributed by atoms with Crippen LogP contribution in [0.1, 0.15) is 45.4 Å². The summed E-state index contributed by atoms with van der Waals surface area (Å²) in [6.07, 6.45) is 6.57. The van der Waals surface area contributed by atoms with Crippen LogP contribution in [0.5, 0.6) is 0 Å². The third-order valence-corrected chi connectivity index (χ3v) is 5.95. The second-order valence-corrected chi connectivity index (χ2v) is 7.86. The van der Waals surface area contributed by atoms with Crippen LogP contribution in [0.15, 0.2) is 0 Å². The predicted octanol–water partition coefficient (Wildman–Crippen LogP) is 2.83. The molecule has 0 aromatic carbocycles. The zero-order chi connectivity index (χ0) is 14.6. The van der Waals surface area contributed by atoms with E-state index in [1.165, 1.54) is 19.8 Å². The number of nitro groups is 1. The second kappa shape index (κ2) is 6.52. The summed E-state index contributed by atoms with van der Waals surface area (Å²) in [5, 5.41) is 11.0. The van der Waals surface area contributed by atoms with Crippen molar-refractivity contribution in [2.75, 3.05) is 26.3 Å². The summed E-state index contributed by atoms with van der Waals surface area (Å²) in [6, 6.07) is 0. The summed E-state index contributed by atoms with van der Waals surface area (Å²) < 4.78 is 25.2. The minimum absolute atomic E-state index is 0.159. The molecule has 0 aromatic heterocycles. The van der Waals surface area contributed by atoms with Gasteiger partial charge in [0.2, 0.25) is 0 Å². The van der Waals surface area contributed by atoms with Gasteiger partial charge < -0.3 is 0 Å². The molecule has 2 fully saturated rings. The van der Waals surface area contributed by atoms with Gasteiger partial charge in [-0.3, -0.25) is 19.2 Å². The van der Waals surface area contributed by atoms with Gasteiger partial charge in [-0.1, -0.05) is 25.7 Å². The summed E-state index contributed by atoms with van der Waals surface area (Å²) >= 11 is 0. The molecule has 2 rings (SSSR count). The smallest absolute Gasteiger partial charge is 0.289 e. The van der Waals surface area contributed by atoms with Crippen LogP contribution < -0.4 is 0 Å². The van der Waals surface area contributed by atoms with Crippen molar-refractivity contribution < 1.29 is 18.5 Å². The Bertz CT molecular complexity index is 381. The van der Waals surface area contributed by atoms with E-state index in [9.17, 15) is 14.7 Å². The van der Waals surface area contributed by atoms with E-state index in [4.69, 9.17) is 9.05 Å². The van der Waals surface area contributed by atoms with E-state index in [0.29, 0.717) is 13.1 Å². The van der Waals surface area contributed by atoms with Gasteiger partial charge in [-0.05, 0) is 12.8 Å². The molecule has 0 aliphatic carbocycles. The number of rotatable bonds is 2. The summed E-state index contributed by atoms with van der Waals surface area (Å²) in [5.41, 5.74) is -1.30. The maximum atomic E-state index is 12.7. The highest BCUT2D eigenvalue weighted by Gasteiger charge is 2.50. The molecule has 8 heteroatoms. The molecular formula is C12H23N2O5P. The van der Waals surface area contributed by atoms with Crippen molar-refractivity contribution in [2.45, 2.75) is 51.0 Å². The molecule has 2 saturated heterocycles. The van der Waals surface area contributed by atoms with Crippen LogP contribution in [0.2, 0.25) is 0 Å². The van der Waals surface area contributed by atoms with Gasteiger partial charge in [-0.2, -0.15) is 0 Å². The second-order valence-electron chi connectivity index (χ2n) is 5.84. The Hall–Kier alpha value is -0.490. The van der Waals surface area contributed by atoms with E-state index in [1.807, 2.05) is 0 Å². The predicted molar refractivity (Wildman–Crippen MR) is 74.2 cm³/mol. The molecule has 116 valence electrons. The standard InChI is InChI=1S/C12H23N2O5P/c1-12(14(15)16)10-18-20(17,19-11-12)13-8-6-4-2-3-5-7-9-13/h2-11H2,1H3. The Kier molecular flexibility index (Phi) is 5.18. The van der Waals surface area contributed by atoms with E-state index in [2.05, 4.69) is 0 Å². The molecule has 0 spiro atoms. The molecule has 2 heterocycles. The third-order valence-electron chi connectivity index (χ3n) is 3.95. The van der Waals surface area contributed by atoms with E-state index < -0.39 is 18.2 Å². The van der Waals surface area contributed by atoms with Crippen molar-refractivity contribution in [3.8, 4) is 0 Å². The van der Waals surface area contributed by atoms with Crippen molar-refractivity contribution in [3.63, 3.8) is 0 Å². The summed E-state index contributed by atoms with van der Waals surface area (Å²) in [6.45, 7) is 2.48. The maximum absolute atomic E-state index is 12.7. The van der Waals surface area contributed by atoms with Gasteiger partial charge in [0.15, 0.2) is 0 Å². The summed E-state index contributed by atoms with van der Waals surface area (Å²) in [7, 11) is -3.35. The molecule has 0 unspecified atom stereocenters. The maximum Gasteiger partial charge on any atom is 0.408 e. The Morgan fingerprint density at radius 3 is 1.95 bits per heavy atom. The van der Waals surface area contributed by atoms with E-state index in [-0.39, 0.29) is 13.2 Å². The zero-order valence-electron chi connectivity index (χ0n) is 12.0. The molecule has 2 aliphatic rings. The van der Waals surface area contributed by atoms with Crippen LogP contribution in [0.25, 0.3) is 0 Å². The van der Waals surface area contributed by atoms with Crippen molar-refractivity contribution >= 4 is 7.75 Å². The fourth-order valence-electron chi connectivity index (χ4n) is 2.44. The van der Waals surface area contributed by atoms with Gasteiger partial charge in [0.1, 0.15) is 13.2 Å². The molecule has 0 bridgehead atoms. The molecule has 20 heavy (non-hydrogen) atoms. The average molecular weight is 306 g/mol. The SMILES string of the molecule is CC1([N+](=O)[O-])COP(=O)(N2CCCCCCCC2)OC1. The molecule has 0 N–H and O–H groups in total. The van der Waals surface area contributed by atoms with Gasteiger partial charge in [-0.25, -0.2) is 9.24 Å². The topological polar surface area (TPSA) is 81.9 Å². The van der Waals surface area contributed by atoms with Gasteiger partial charge in [0, 0.05) is 24.9 Å². The fourth-order valence-corrected chi connectivity index (χ4v) is 4.50. The van der Waals surface area contributed by atoms with Crippen molar-refractivity contribution in [3.05, 3.63) is 10.1 Å². The summed E-state index contributed by atoms with van der Waals surface area (Å²) in [5.74, 6) is 0. The van der Waals surface area contributed by atoms with Crippen LogP contribution in [-0.4, -0.2) is 41.4 Å². The lowest BCUT2D eigenvalue weighted by atomic mass is 10.1. The van der Waals surface area contributed by atoms with Gasteiger partial charge >= 0.3 is 7.75 Å². The van der Waals surface area contributed by atoms with Gasteiger partial charge in [-0.15, -0.1) is 0 Å². The molecule has 0 radical (unpaired) electrons. The minimum atomic E-state index is -3.35. The monoisotopic (exact) mass is 306 g/mol. The highest BCUT2D eigenvalue weighted by Crippen LogP contribution is 2.55. The molecule has 0 amide bonds. The van der Waals surface area contributed by atoms with E-state index in [0.717, 1.165) is 25.7 Å². The lowest BCUT2D eigenvalue weighted by Crippen LogP contribution is -2.48. The molecular weight excluding hydrogens is 283 g/mol. The Morgan fingerprint density at radius 2 is 1.50 bits per heavy atom. The van der Waals surface area contributed by atoms with Gasteiger partial charge in [0.05, 0.1) is 0 Å². The average Bonchev–Trinajstić information content (AvgIpc) is 2.56. The number of nitrogens with zero attached hydrogens (tertiary/aromatic N) is 2. The Labute approximate surface area is 119 Å². The van der Waals surface area contributed by atoms with Crippen molar-refractivity contribution in [1.82, 2.24) is 4.67 Å². The first-order valence-corrected chi connectivity index (χ1v) is 8.75. The van der Waals surface area contributed by atoms with Crippen molar-refractivity contribution in [2.24, 2.45) is 0 Å². The quantitative estimate of drug-likeness (QED) is 0.443. The van der Waals surface area contributed by atoms with Crippen LogP contribution in [0.4, 0.5) is 0 Å². The molecule has 2 aliphatic heterocycles. The first-order chi connectivity index (χ1) is 9.46. The zero-order valence-corrected chi connectivity index (χ0v) is 12.8. The number of hydrogen-bond donors (Lipinski definition) is 0. The number of hydrogen-bond acceptors (Lipinski definition) is 5. The first kappa shape index (κ1) is 15.9. The molecule has 0 saturated carbocycles. The van der Waals surface area contributed by atoms with Crippen LogP contribution in [0, 0.1) is 10.1 Å². The largest absolute Gasteiger partial charge is 0.408 e. The lowest BCUT2D eigenvalue weighted by molar-refractivity contribution is -0.573. The normalized spacial score (nSPS) is 37.6. The highest BCUT2D eigenvalue weighted by atomic mass is 31.2. The lowest BCUT2D eigenvalue weighted by Gasteiger charge is -2.36. The highest BCUT2D eigenvalue weighted by molar-refractivity contribution is 7.51. The third kappa shape index (κ3) is 3.58. The summed E-state index contributed by atoms with van der Waals surface area (Å²) in [4.78, 5) is 10.5. The molecule has 0 aromatic rings. The minimum Gasteiger partial charge on any atom is -0.289 e. The van der Waals surface area contributed by atoms with E-state index >= 15 is 0 Å². The van der Waals surface area contributed by atoms with Crippen LogP contribution in [-0.2, 0) is 13.6 Å². The Morgan fingerprint density at radius 1 is 1.05 bits per heavy atom. The fraction of sp³-hybridized carbons (Fsp3) is 1.00. The van der Waals surface area contributed by atoms with Crippen molar-refractivity contribution in [1.29, 1.82) is 0 Å². The molecule has 7 nitrogen and oxygen atoms in total. The van der Waals surface area contributed by atoms with Crippen LogP contribution in [0.3, 0.4) is 0 Å². The van der Waals surface area contributed by atoms with Crippen LogP contribution >= 0.6 is 7.75 Å². The first-order valence-electron chi connectivity index (χ1n) is 7.25.